The Morgan fingerprint density at radius 1 is 0.946 bits per heavy atom. The van der Waals surface area contributed by atoms with Crippen molar-refractivity contribution < 1.29 is 9.53 Å². The zero-order valence-electron chi connectivity index (χ0n) is 25.5. The summed E-state index contributed by atoms with van der Waals surface area (Å²) in [6, 6.07) is 0. The number of unbranched alkanes of at least 4 members (excludes halogenated alkanes) is 4. The van der Waals surface area contributed by atoms with Crippen LogP contribution in [-0.2, 0) is 9.53 Å². The van der Waals surface area contributed by atoms with Crippen molar-refractivity contribution >= 4 is 5.97 Å². The summed E-state index contributed by atoms with van der Waals surface area (Å²) in [7, 11) is 0. The van der Waals surface area contributed by atoms with E-state index in [4.69, 9.17) is 4.74 Å². The van der Waals surface area contributed by atoms with Crippen LogP contribution in [-0.4, -0.2) is 12.1 Å². The first-order chi connectivity index (χ1) is 17.7. The van der Waals surface area contributed by atoms with Crippen LogP contribution in [0, 0.1) is 46.3 Å². The minimum Gasteiger partial charge on any atom is -0.462 e. The monoisotopic (exact) mass is 512 g/mol. The Morgan fingerprint density at radius 2 is 1.73 bits per heavy atom. The molecule has 2 nitrogen and oxygen atoms in total. The van der Waals surface area contributed by atoms with Crippen molar-refractivity contribution in [1.82, 2.24) is 0 Å². The highest BCUT2D eigenvalue weighted by molar-refractivity contribution is 5.69. The molecule has 0 aromatic rings. The van der Waals surface area contributed by atoms with Gasteiger partial charge in [-0.25, -0.2) is 0 Å². The number of carbonyl (C=O) groups is 1. The van der Waals surface area contributed by atoms with Crippen LogP contribution in [0.25, 0.3) is 0 Å². The maximum absolute atomic E-state index is 12.5. The number of rotatable bonds is 12. The van der Waals surface area contributed by atoms with Gasteiger partial charge in [-0.15, -0.1) is 0 Å². The third kappa shape index (κ3) is 6.35. The summed E-state index contributed by atoms with van der Waals surface area (Å²) < 4.78 is 6.02. The zero-order chi connectivity index (χ0) is 26.6. The van der Waals surface area contributed by atoms with E-state index in [2.05, 4.69) is 47.6 Å². The number of hydrogen-bond donors (Lipinski definition) is 0. The zero-order valence-corrected chi connectivity index (χ0v) is 25.5. The largest absolute Gasteiger partial charge is 0.462 e. The predicted molar refractivity (Wildman–Crippen MR) is 156 cm³/mol. The lowest BCUT2D eigenvalue weighted by Crippen LogP contribution is -2.51. The molecule has 0 amide bonds. The lowest BCUT2D eigenvalue weighted by Gasteiger charge is -2.58. The van der Waals surface area contributed by atoms with E-state index in [9.17, 15) is 4.79 Å². The molecule has 0 saturated heterocycles. The highest BCUT2D eigenvalue weighted by atomic mass is 16.5. The number of hydrogen-bond acceptors (Lipinski definition) is 2. The summed E-state index contributed by atoms with van der Waals surface area (Å²) in [6.07, 6.45) is 23.9. The lowest BCUT2D eigenvalue weighted by atomic mass is 9.47. The fourth-order valence-electron chi connectivity index (χ4n) is 9.87. The molecule has 4 aliphatic carbocycles. The molecule has 3 saturated carbocycles. The third-order valence-electron chi connectivity index (χ3n) is 12.0. The van der Waals surface area contributed by atoms with E-state index in [1.807, 2.05) is 0 Å². The van der Waals surface area contributed by atoms with Gasteiger partial charge in [0.1, 0.15) is 6.10 Å². The second kappa shape index (κ2) is 12.6. The first-order valence-electron chi connectivity index (χ1n) is 16.6. The standard InChI is InChI=1S/C35H60O2/c1-7-8-9-10-11-15-33(36)37-28-20-22-34(5)27(24-28)16-17-29-31-19-18-30(26(4)14-12-13-25(2)3)35(31,6)23-21-32(29)34/h16,25-26,28-32H,7-15,17-24H2,1-6H3/t26-,28+,29-,30+,31-,32-,34-,35+/m0/s1. The number of allylic oxidation sites excluding steroid dienone is 1. The second-order valence-electron chi connectivity index (χ2n) is 14.8. The lowest BCUT2D eigenvalue weighted by molar-refractivity contribution is -0.151. The van der Waals surface area contributed by atoms with Crippen molar-refractivity contribution in [2.24, 2.45) is 46.3 Å². The summed E-state index contributed by atoms with van der Waals surface area (Å²) in [5, 5.41) is 0. The van der Waals surface area contributed by atoms with Crippen LogP contribution in [0.3, 0.4) is 0 Å². The van der Waals surface area contributed by atoms with Gasteiger partial charge < -0.3 is 4.74 Å². The Kier molecular flexibility index (Phi) is 9.94. The molecular formula is C35H60O2. The summed E-state index contributed by atoms with van der Waals surface area (Å²) in [5.74, 6) is 5.34. The molecule has 0 spiro atoms. The third-order valence-corrected chi connectivity index (χ3v) is 12.0. The molecule has 0 heterocycles. The van der Waals surface area contributed by atoms with Gasteiger partial charge in [-0.3, -0.25) is 4.79 Å². The van der Waals surface area contributed by atoms with E-state index < -0.39 is 0 Å². The highest BCUT2D eigenvalue weighted by Crippen LogP contribution is 2.67. The average Bonchev–Trinajstić information content (AvgIpc) is 3.21. The van der Waals surface area contributed by atoms with Gasteiger partial charge in [-0.05, 0) is 97.7 Å². The fraction of sp³-hybridized carbons (Fsp3) is 0.914. The van der Waals surface area contributed by atoms with Crippen LogP contribution in [0.4, 0.5) is 0 Å². The molecule has 3 fully saturated rings. The first kappa shape index (κ1) is 29.2. The Bertz CT molecular complexity index is 782. The van der Waals surface area contributed by atoms with E-state index in [1.54, 1.807) is 5.57 Å². The van der Waals surface area contributed by atoms with Crippen molar-refractivity contribution in [2.45, 2.75) is 157 Å². The van der Waals surface area contributed by atoms with Gasteiger partial charge in [0.15, 0.2) is 0 Å². The molecule has 0 aliphatic heterocycles. The van der Waals surface area contributed by atoms with Gasteiger partial charge in [0.25, 0.3) is 0 Å². The van der Waals surface area contributed by atoms with Crippen molar-refractivity contribution in [3.8, 4) is 0 Å². The number of esters is 1. The molecule has 0 radical (unpaired) electrons. The molecule has 4 aliphatic rings. The molecule has 0 aromatic carbocycles. The average molecular weight is 513 g/mol. The van der Waals surface area contributed by atoms with E-state index in [0.29, 0.717) is 17.3 Å². The van der Waals surface area contributed by atoms with Crippen LogP contribution in [0.15, 0.2) is 11.6 Å². The van der Waals surface area contributed by atoms with E-state index in [-0.39, 0.29) is 12.1 Å². The Hall–Kier alpha value is -0.790. The van der Waals surface area contributed by atoms with Crippen LogP contribution in [0.2, 0.25) is 0 Å². The van der Waals surface area contributed by atoms with Crippen LogP contribution in [0.5, 0.6) is 0 Å². The van der Waals surface area contributed by atoms with E-state index in [0.717, 1.165) is 61.2 Å². The molecule has 0 aromatic heterocycles. The number of fused-ring (bicyclic) bond motifs is 5. The maximum Gasteiger partial charge on any atom is 0.306 e. The van der Waals surface area contributed by atoms with Gasteiger partial charge in [0, 0.05) is 12.8 Å². The molecule has 212 valence electrons. The molecule has 2 heteroatoms. The number of carbonyl (C=O) groups excluding carboxylic acids is 1. The van der Waals surface area contributed by atoms with E-state index in [1.165, 1.54) is 77.0 Å². The summed E-state index contributed by atoms with van der Waals surface area (Å²) >= 11 is 0. The minimum atomic E-state index is 0.0485. The molecule has 4 rings (SSSR count). The normalized spacial score (nSPS) is 37.9. The minimum absolute atomic E-state index is 0.0485. The van der Waals surface area contributed by atoms with Crippen molar-refractivity contribution in [2.75, 3.05) is 0 Å². The predicted octanol–water partition coefficient (Wildman–Crippen LogP) is 10.3. The highest BCUT2D eigenvalue weighted by Gasteiger charge is 2.59. The summed E-state index contributed by atoms with van der Waals surface area (Å²) in [6.45, 7) is 14.9. The maximum atomic E-state index is 12.5. The second-order valence-corrected chi connectivity index (χ2v) is 14.8. The SMILES string of the molecule is CCCCCCCC(=O)O[C@@H]1CC[C@@]2(C)C(=CC[C@H]3[C@@H]4CC[C@H]([C@@H](C)CCCC(C)C)[C@@]4(C)CC[C@@H]32)C1. The summed E-state index contributed by atoms with van der Waals surface area (Å²) in [4.78, 5) is 12.5. The molecule has 37 heavy (non-hydrogen) atoms. The molecule has 8 atom stereocenters. The van der Waals surface area contributed by atoms with Gasteiger partial charge in [-0.2, -0.15) is 0 Å². The molecule has 0 bridgehead atoms. The quantitative estimate of drug-likeness (QED) is 0.148. The molecule has 0 unspecified atom stereocenters. The van der Waals surface area contributed by atoms with Gasteiger partial charge in [-0.1, -0.05) is 98.1 Å². The number of ether oxygens (including phenoxy) is 1. The smallest absolute Gasteiger partial charge is 0.306 e. The fourth-order valence-corrected chi connectivity index (χ4v) is 9.87. The van der Waals surface area contributed by atoms with E-state index >= 15 is 0 Å². The van der Waals surface area contributed by atoms with Crippen molar-refractivity contribution in [3.63, 3.8) is 0 Å². The van der Waals surface area contributed by atoms with Crippen molar-refractivity contribution in [3.05, 3.63) is 11.6 Å². The van der Waals surface area contributed by atoms with Crippen LogP contribution < -0.4 is 0 Å². The first-order valence-corrected chi connectivity index (χ1v) is 16.6. The Morgan fingerprint density at radius 3 is 2.49 bits per heavy atom. The van der Waals surface area contributed by atoms with Crippen LogP contribution in [0.1, 0.15) is 151 Å². The molecular weight excluding hydrogens is 452 g/mol. The van der Waals surface area contributed by atoms with Gasteiger partial charge >= 0.3 is 5.97 Å². The van der Waals surface area contributed by atoms with Gasteiger partial charge in [0.05, 0.1) is 0 Å². The Balaban J connectivity index is 1.34. The summed E-state index contributed by atoms with van der Waals surface area (Å²) in [5.41, 5.74) is 2.54. The Labute approximate surface area is 230 Å². The van der Waals surface area contributed by atoms with Crippen LogP contribution >= 0.6 is 0 Å². The topological polar surface area (TPSA) is 26.3 Å². The molecule has 0 N–H and O–H groups in total. The van der Waals surface area contributed by atoms with Gasteiger partial charge in [0.2, 0.25) is 0 Å². The van der Waals surface area contributed by atoms with Crippen molar-refractivity contribution in [1.29, 1.82) is 0 Å².